The summed E-state index contributed by atoms with van der Waals surface area (Å²) >= 11 is 6.96. The predicted molar refractivity (Wildman–Crippen MR) is 98.8 cm³/mol. The number of hydrogen-bond donors (Lipinski definition) is 0. The summed E-state index contributed by atoms with van der Waals surface area (Å²) in [5.74, 6) is 0. The zero-order valence-corrected chi connectivity index (χ0v) is 15.8. The average molecular weight is 422 g/mol. The van der Waals surface area contributed by atoms with Crippen molar-refractivity contribution < 1.29 is 4.74 Å². The summed E-state index contributed by atoms with van der Waals surface area (Å²) in [5.41, 5.74) is 3.55. The van der Waals surface area contributed by atoms with E-state index in [9.17, 15) is 0 Å². The van der Waals surface area contributed by atoms with Gasteiger partial charge in [-0.1, -0.05) is 62.2 Å². The van der Waals surface area contributed by atoms with Crippen molar-refractivity contribution in [2.45, 2.75) is 32.0 Å². The third kappa shape index (κ3) is 3.53. The number of rotatable bonds is 2. The van der Waals surface area contributed by atoms with Crippen LogP contribution in [0.15, 0.2) is 63.0 Å². The van der Waals surface area contributed by atoms with Crippen LogP contribution < -0.4 is 0 Å². The smallest absolute Gasteiger partial charge is 0.0874 e. The van der Waals surface area contributed by atoms with Gasteiger partial charge in [0.15, 0.2) is 0 Å². The van der Waals surface area contributed by atoms with Gasteiger partial charge in [-0.2, -0.15) is 0 Å². The molecular weight excluding hydrogens is 404 g/mol. The van der Waals surface area contributed by atoms with Gasteiger partial charge < -0.3 is 4.74 Å². The highest BCUT2D eigenvalue weighted by atomic mass is 79.9. The van der Waals surface area contributed by atoms with Gasteiger partial charge in [-0.15, -0.1) is 0 Å². The summed E-state index contributed by atoms with van der Waals surface area (Å²) in [6.07, 6.45) is 3.32. The number of halogens is 2. The topological polar surface area (TPSA) is 9.23 Å². The highest BCUT2D eigenvalue weighted by Crippen LogP contribution is 2.44. The lowest BCUT2D eigenvalue weighted by molar-refractivity contribution is -0.00409. The van der Waals surface area contributed by atoms with E-state index >= 15 is 0 Å². The molecule has 1 aliphatic rings. The molecule has 0 bridgehead atoms. The lowest BCUT2D eigenvalue weighted by atomic mass is 9.93. The Bertz CT molecular complexity index is 684. The Morgan fingerprint density at radius 1 is 0.955 bits per heavy atom. The van der Waals surface area contributed by atoms with Gasteiger partial charge in [0.05, 0.1) is 11.7 Å². The van der Waals surface area contributed by atoms with Gasteiger partial charge >= 0.3 is 0 Å². The first-order valence-electron chi connectivity index (χ1n) is 7.34. The van der Waals surface area contributed by atoms with E-state index in [-0.39, 0.29) is 11.7 Å². The molecule has 1 aliphatic heterocycles. The molecule has 22 heavy (non-hydrogen) atoms. The molecule has 0 spiro atoms. The van der Waals surface area contributed by atoms with Crippen LogP contribution >= 0.6 is 31.9 Å². The van der Waals surface area contributed by atoms with Crippen LogP contribution in [-0.4, -0.2) is 5.60 Å². The fraction of sp³-hybridized carbons (Fsp3) is 0.263. The van der Waals surface area contributed by atoms with E-state index in [1.165, 1.54) is 16.7 Å². The zero-order valence-electron chi connectivity index (χ0n) is 12.6. The maximum Gasteiger partial charge on any atom is 0.0874 e. The maximum atomic E-state index is 6.29. The molecule has 2 aromatic carbocycles. The minimum Gasteiger partial charge on any atom is -0.363 e. The lowest BCUT2D eigenvalue weighted by Gasteiger charge is -2.21. The van der Waals surface area contributed by atoms with Crippen molar-refractivity contribution in [1.82, 2.24) is 0 Å². The van der Waals surface area contributed by atoms with Gasteiger partial charge in [0.25, 0.3) is 0 Å². The molecule has 0 aromatic heterocycles. The first-order valence-corrected chi connectivity index (χ1v) is 8.92. The van der Waals surface area contributed by atoms with Gasteiger partial charge in [-0.25, -0.2) is 0 Å². The van der Waals surface area contributed by atoms with Crippen LogP contribution in [0.25, 0.3) is 6.08 Å². The maximum absolute atomic E-state index is 6.29. The van der Waals surface area contributed by atoms with Crippen molar-refractivity contribution in [3.8, 4) is 0 Å². The zero-order chi connectivity index (χ0) is 15.7. The Kier molecular flexibility index (Phi) is 4.58. The average Bonchev–Trinajstić information content (AvgIpc) is 2.77. The second-order valence-corrected chi connectivity index (χ2v) is 7.92. The van der Waals surface area contributed by atoms with E-state index in [4.69, 9.17) is 4.74 Å². The van der Waals surface area contributed by atoms with Crippen LogP contribution in [0.5, 0.6) is 0 Å². The van der Waals surface area contributed by atoms with Crippen LogP contribution in [0, 0.1) is 0 Å². The first-order chi connectivity index (χ1) is 10.4. The van der Waals surface area contributed by atoms with E-state index in [2.05, 4.69) is 100 Å². The number of ether oxygens (including phenoxy) is 1. The van der Waals surface area contributed by atoms with Crippen LogP contribution in [0.3, 0.4) is 0 Å². The van der Waals surface area contributed by atoms with Crippen LogP contribution in [0.4, 0.5) is 0 Å². The monoisotopic (exact) mass is 420 g/mol. The standard InChI is InChI=1S/C19H18Br2O/c1-19(2)15(11-13-3-7-16(20)8-4-13)12-18(22-19)14-5-9-17(21)10-6-14/h3-11,18H,12H2,1-2H3/b15-11-. The molecule has 1 atom stereocenters. The molecule has 1 fully saturated rings. The molecule has 3 rings (SSSR count). The Labute approximate surface area is 148 Å². The molecule has 1 nitrogen and oxygen atoms in total. The molecule has 2 aromatic rings. The number of hydrogen-bond acceptors (Lipinski definition) is 1. The van der Waals surface area contributed by atoms with Gasteiger partial charge in [0.1, 0.15) is 0 Å². The summed E-state index contributed by atoms with van der Waals surface area (Å²) < 4.78 is 8.49. The van der Waals surface area contributed by atoms with Crippen molar-refractivity contribution in [3.63, 3.8) is 0 Å². The van der Waals surface area contributed by atoms with Gasteiger partial charge in [-0.05, 0) is 54.8 Å². The molecule has 1 heterocycles. The lowest BCUT2D eigenvalue weighted by Crippen LogP contribution is -2.20. The summed E-state index contributed by atoms with van der Waals surface area (Å²) in [6, 6.07) is 16.8. The molecule has 0 amide bonds. The predicted octanol–water partition coefficient (Wildman–Crippen LogP) is 6.54. The third-order valence-electron chi connectivity index (χ3n) is 4.07. The largest absolute Gasteiger partial charge is 0.363 e. The van der Waals surface area contributed by atoms with E-state index in [0.717, 1.165) is 15.4 Å². The minimum absolute atomic E-state index is 0.129. The summed E-state index contributed by atoms with van der Waals surface area (Å²) in [4.78, 5) is 0. The van der Waals surface area contributed by atoms with Crippen LogP contribution in [0.2, 0.25) is 0 Å². The molecule has 114 valence electrons. The van der Waals surface area contributed by atoms with Gasteiger partial charge in [0, 0.05) is 15.4 Å². The fourth-order valence-corrected chi connectivity index (χ4v) is 3.30. The highest BCUT2D eigenvalue weighted by Gasteiger charge is 2.37. The normalized spacial score (nSPS) is 22.2. The third-order valence-corrected chi connectivity index (χ3v) is 5.13. The molecule has 3 heteroatoms. The van der Waals surface area contributed by atoms with Crippen molar-refractivity contribution >= 4 is 37.9 Å². The van der Waals surface area contributed by atoms with E-state index in [1.807, 2.05) is 0 Å². The minimum atomic E-state index is -0.231. The Hall–Kier alpha value is -0.900. The van der Waals surface area contributed by atoms with Crippen LogP contribution in [0.1, 0.15) is 37.5 Å². The highest BCUT2D eigenvalue weighted by molar-refractivity contribution is 9.10. The second-order valence-electron chi connectivity index (χ2n) is 6.09. The summed E-state index contributed by atoms with van der Waals surface area (Å²) in [5, 5.41) is 0. The molecular formula is C19H18Br2O. The van der Waals surface area contributed by atoms with E-state index < -0.39 is 0 Å². The summed E-state index contributed by atoms with van der Waals surface area (Å²) in [7, 11) is 0. The fourth-order valence-electron chi connectivity index (χ4n) is 2.77. The molecule has 0 N–H and O–H groups in total. The van der Waals surface area contributed by atoms with Crippen molar-refractivity contribution in [3.05, 3.63) is 74.2 Å². The molecule has 0 radical (unpaired) electrons. The molecule has 0 saturated carbocycles. The molecule has 1 saturated heterocycles. The molecule has 0 aliphatic carbocycles. The Morgan fingerprint density at radius 2 is 1.50 bits per heavy atom. The Morgan fingerprint density at radius 3 is 2.09 bits per heavy atom. The van der Waals surface area contributed by atoms with E-state index in [0.29, 0.717) is 0 Å². The summed E-state index contributed by atoms with van der Waals surface area (Å²) in [6.45, 7) is 4.30. The van der Waals surface area contributed by atoms with Crippen LogP contribution in [-0.2, 0) is 4.74 Å². The SMILES string of the molecule is CC1(C)OC(c2ccc(Br)cc2)C/C1=C/c1ccc(Br)cc1. The Balaban J connectivity index is 1.86. The molecule has 1 unspecified atom stereocenters. The van der Waals surface area contributed by atoms with Gasteiger partial charge in [-0.3, -0.25) is 0 Å². The second kappa shape index (κ2) is 6.31. The van der Waals surface area contributed by atoms with Crippen molar-refractivity contribution in [2.75, 3.05) is 0 Å². The van der Waals surface area contributed by atoms with Crippen molar-refractivity contribution in [2.24, 2.45) is 0 Å². The number of benzene rings is 2. The van der Waals surface area contributed by atoms with Crippen molar-refractivity contribution in [1.29, 1.82) is 0 Å². The quantitative estimate of drug-likeness (QED) is 0.535. The van der Waals surface area contributed by atoms with E-state index in [1.54, 1.807) is 0 Å². The first kappa shape index (κ1) is 16.0. The van der Waals surface area contributed by atoms with Gasteiger partial charge in [0.2, 0.25) is 0 Å².